The molecule has 7 nitrogen and oxygen atoms in total. The smallest absolute Gasteiger partial charge is 0.225 e. The molecule has 2 N–H and O–H groups in total. The van der Waals surface area contributed by atoms with Crippen LogP contribution >= 0.6 is 23.2 Å². The number of halogens is 3. The van der Waals surface area contributed by atoms with E-state index < -0.39 is 5.82 Å². The maximum atomic E-state index is 14.3. The highest BCUT2D eigenvalue weighted by Gasteiger charge is 2.22. The van der Waals surface area contributed by atoms with E-state index in [4.69, 9.17) is 28.9 Å². The van der Waals surface area contributed by atoms with Gasteiger partial charge in [-0.1, -0.05) is 11.6 Å². The molecule has 0 aliphatic carbocycles. The first-order valence-corrected chi connectivity index (χ1v) is 8.03. The molecule has 0 atom stereocenters. The highest BCUT2D eigenvalue weighted by molar-refractivity contribution is 6.30. The summed E-state index contributed by atoms with van der Waals surface area (Å²) in [5.74, 6) is 0.280. The van der Waals surface area contributed by atoms with Crippen molar-refractivity contribution in [3.8, 4) is 0 Å². The molecule has 4 heterocycles. The van der Waals surface area contributed by atoms with Gasteiger partial charge in [0.05, 0.1) is 17.6 Å². The second kappa shape index (κ2) is 5.71. The molecule has 0 aromatic carbocycles. The fourth-order valence-electron chi connectivity index (χ4n) is 2.90. The third-order valence-corrected chi connectivity index (χ3v) is 4.36. The summed E-state index contributed by atoms with van der Waals surface area (Å²) >= 11 is 11.7. The van der Waals surface area contributed by atoms with Crippen LogP contribution in [0.2, 0.25) is 10.4 Å². The summed E-state index contributed by atoms with van der Waals surface area (Å²) in [6.45, 7) is 1.98. The van der Waals surface area contributed by atoms with Crippen molar-refractivity contribution in [2.24, 2.45) is 0 Å². The van der Waals surface area contributed by atoms with E-state index in [1.54, 1.807) is 0 Å². The maximum absolute atomic E-state index is 14.3. The first-order chi connectivity index (χ1) is 11.5. The summed E-state index contributed by atoms with van der Waals surface area (Å²) in [5, 5.41) is 4.43. The predicted molar refractivity (Wildman–Crippen MR) is 89.6 cm³/mol. The Hall–Kier alpha value is -2.19. The van der Waals surface area contributed by atoms with Crippen molar-refractivity contribution in [2.45, 2.75) is 19.5 Å². The number of hydrogen-bond donors (Lipinski definition) is 1. The van der Waals surface area contributed by atoms with Crippen LogP contribution in [0.3, 0.4) is 0 Å². The Kier molecular flexibility index (Phi) is 3.65. The topological polar surface area (TPSA) is 85.8 Å². The van der Waals surface area contributed by atoms with Gasteiger partial charge in [-0.15, -0.1) is 0 Å². The van der Waals surface area contributed by atoms with Gasteiger partial charge in [-0.2, -0.15) is 10.1 Å². The number of nitrogen functional groups attached to an aromatic ring is 1. The Balaban J connectivity index is 1.85. The minimum absolute atomic E-state index is 0.0454. The molecule has 3 aromatic heterocycles. The number of nitrogens with zero attached hydrogens (tertiary/aromatic N) is 6. The van der Waals surface area contributed by atoms with Crippen LogP contribution < -0.4 is 10.6 Å². The number of fused-ring (bicyclic) bond motifs is 2. The molecule has 10 heteroatoms. The summed E-state index contributed by atoms with van der Waals surface area (Å²) in [6.07, 6.45) is 2.30. The molecule has 3 aromatic rings. The first-order valence-electron chi connectivity index (χ1n) is 7.27. The van der Waals surface area contributed by atoms with Gasteiger partial charge in [0.25, 0.3) is 0 Å². The van der Waals surface area contributed by atoms with Gasteiger partial charge in [0, 0.05) is 25.4 Å². The monoisotopic (exact) mass is 367 g/mol. The van der Waals surface area contributed by atoms with Gasteiger partial charge in [0.1, 0.15) is 17.2 Å². The molecule has 0 amide bonds. The van der Waals surface area contributed by atoms with Crippen LogP contribution in [0.5, 0.6) is 0 Å². The molecule has 0 bridgehead atoms. The van der Waals surface area contributed by atoms with Crippen LogP contribution in [0.25, 0.3) is 10.9 Å². The number of aryl methyl sites for hydroxylation is 1. The van der Waals surface area contributed by atoms with Gasteiger partial charge < -0.3 is 10.6 Å². The summed E-state index contributed by atoms with van der Waals surface area (Å²) in [7, 11) is 0. The summed E-state index contributed by atoms with van der Waals surface area (Å²) in [5.41, 5.74) is 6.78. The highest BCUT2D eigenvalue weighted by atomic mass is 35.5. The Morgan fingerprint density at radius 2 is 2.04 bits per heavy atom. The van der Waals surface area contributed by atoms with E-state index in [1.165, 1.54) is 6.20 Å². The van der Waals surface area contributed by atoms with Crippen LogP contribution in [0.4, 0.5) is 16.0 Å². The molecule has 124 valence electrons. The van der Waals surface area contributed by atoms with Gasteiger partial charge in [0.15, 0.2) is 11.0 Å². The standard InChI is InChI=1S/C14H12Cl2FN7/c15-12-10(17)11-8(5-19-12)13(21-14(16)20-11)23-2-1-3-24-7(6-23)4-9(18)22-24/h4-5H,1-3,6H2,(H2,18,22). The summed E-state index contributed by atoms with van der Waals surface area (Å²) < 4.78 is 16.1. The van der Waals surface area contributed by atoms with Crippen molar-refractivity contribution in [2.75, 3.05) is 17.2 Å². The number of anilines is 2. The zero-order valence-electron chi connectivity index (χ0n) is 12.4. The Morgan fingerprint density at radius 1 is 1.21 bits per heavy atom. The maximum Gasteiger partial charge on any atom is 0.225 e. The summed E-state index contributed by atoms with van der Waals surface area (Å²) in [4.78, 5) is 14.1. The minimum Gasteiger partial charge on any atom is -0.382 e. The van der Waals surface area contributed by atoms with Crippen LogP contribution in [0.1, 0.15) is 12.1 Å². The van der Waals surface area contributed by atoms with E-state index >= 15 is 0 Å². The predicted octanol–water partition coefficient (Wildman–Crippen LogP) is 2.66. The molecule has 1 aliphatic rings. The lowest BCUT2D eigenvalue weighted by atomic mass is 10.2. The van der Waals surface area contributed by atoms with Crippen molar-refractivity contribution >= 4 is 45.7 Å². The highest BCUT2D eigenvalue weighted by Crippen LogP contribution is 2.31. The van der Waals surface area contributed by atoms with Crippen molar-refractivity contribution in [3.63, 3.8) is 0 Å². The van der Waals surface area contributed by atoms with Crippen LogP contribution in [0, 0.1) is 5.82 Å². The molecular formula is C14H12Cl2FN7. The Bertz CT molecular complexity index is 943. The molecule has 0 fully saturated rings. The number of aromatic nitrogens is 5. The Morgan fingerprint density at radius 3 is 2.88 bits per heavy atom. The lowest BCUT2D eigenvalue weighted by Crippen LogP contribution is -2.24. The Labute approximate surface area is 146 Å². The molecule has 0 spiro atoms. The van der Waals surface area contributed by atoms with Crippen molar-refractivity contribution in [1.29, 1.82) is 0 Å². The average Bonchev–Trinajstić information content (AvgIpc) is 2.77. The molecule has 0 radical (unpaired) electrons. The lowest BCUT2D eigenvalue weighted by molar-refractivity contribution is 0.593. The van der Waals surface area contributed by atoms with Gasteiger partial charge in [0.2, 0.25) is 5.28 Å². The SMILES string of the molecule is Nc1cc2n(n1)CCCN(c1nc(Cl)nc3c(F)c(Cl)ncc13)C2. The largest absolute Gasteiger partial charge is 0.382 e. The quantitative estimate of drug-likeness (QED) is 0.525. The molecule has 0 saturated heterocycles. The second-order valence-electron chi connectivity index (χ2n) is 5.50. The third-order valence-electron chi connectivity index (χ3n) is 3.93. The van der Waals surface area contributed by atoms with Crippen LogP contribution in [-0.2, 0) is 13.1 Å². The van der Waals surface area contributed by atoms with E-state index in [0.717, 1.165) is 18.7 Å². The van der Waals surface area contributed by atoms with E-state index in [2.05, 4.69) is 20.1 Å². The zero-order valence-corrected chi connectivity index (χ0v) is 13.9. The number of nitrogens with two attached hydrogens (primary N) is 1. The molecule has 4 rings (SSSR count). The first kappa shape index (κ1) is 15.3. The fraction of sp³-hybridized carbons (Fsp3) is 0.286. The van der Waals surface area contributed by atoms with E-state index in [1.807, 2.05) is 15.6 Å². The number of hydrogen-bond acceptors (Lipinski definition) is 6. The molecule has 0 saturated carbocycles. The zero-order chi connectivity index (χ0) is 16.8. The minimum atomic E-state index is -0.705. The van der Waals surface area contributed by atoms with E-state index in [-0.39, 0.29) is 16.0 Å². The third kappa shape index (κ3) is 2.51. The number of rotatable bonds is 1. The fourth-order valence-corrected chi connectivity index (χ4v) is 3.20. The van der Waals surface area contributed by atoms with Gasteiger partial charge in [-0.25, -0.2) is 14.4 Å². The van der Waals surface area contributed by atoms with Gasteiger partial charge >= 0.3 is 0 Å². The lowest BCUT2D eigenvalue weighted by Gasteiger charge is -2.22. The normalized spacial score (nSPS) is 14.7. The molecular weight excluding hydrogens is 356 g/mol. The second-order valence-corrected chi connectivity index (χ2v) is 6.20. The van der Waals surface area contributed by atoms with Crippen molar-refractivity contribution in [3.05, 3.63) is 34.2 Å². The van der Waals surface area contributed by atoms with E-state index in [9.17, 15) is 4.39 Å². The number of pyridine rings is 1. The van der Waals surface area contributed by atoms with Gasteiger partial charge in [-0.3, -0.25) is 4.68 Å². The summed E-state index contributed by atoms with van der Waals surface area (Å²) in [6, 6.07) is 1.82. The van der Waals surface area contributed by atoms with Crippen LogP contribution in [-0.4, -0.2) is 31.3 Å². The molecule has 0 unspecified atom stereocenters. The van der Waals surface area contributed by atoms with E-state index in [0.29, 0.717) is 30.1 Å². The molecule has 1 aliphatic heterocycles. The van der Waals surface area contributed by atoms with Crippen LogP contribution in [0.15, 0.2) is 12.3 Å². The van der Waals surface area contributed by atoms with Crippen molar-refractivity contribution < 1.29 is 4.39 Å². The van der Waals surface area contributed by atoms with Gasteiger partial charge in [-0.05, 0) is 18.0 Å². The molecule has 24 heavy (non-hydrogen) atoms. The van der Waals surface area contributed by atoms with Crippen molar-refractivity contribution in [1.82, 2.24) is 24.7 Å². The average molecular weight is 368 g/mol.